The lowest BCUT2D eigenvalue weighted by molar-refractivity contribution is 0.403. The maximum Gasteiger partial charge on any atom is 0.0550 e. The van der Waals surface area contributed by atoms with Crippen LogP contribution in [0.15, 0.2) is 0 Å². The van der Waals surface area contributed by atoms with E-state index in [1.54, 1.807) is 0 Å². The van der Waals surface area contributed by atoms with E-state index in [0.29, 0.717) is 0 Å². The van der Waals surface area contributed by atoms with E-state index in [-0.39, 0.29) is 0 Å². The van der Waals surface area contributed by atoms with Crippen molar-refractivity contribution in [2.75, 3.05) is 5.75 Å². The summed E-state index contributed by atoms with van der Waals surface area (Å²) < 4.78 is 0. The molecule has 2 unspecified atom stereocenters. The predicted octanol–water partition coefficient (Wildman–Crippen LogP) is 0.421. The molecule has 3 aliphatic heterocycles. The average molecular weight is 101 g/mol. The van der Waals surface area contributed by atoms with Crippen molar-refractivity contribution in [1.82, 2.24) is 5.32 Å². The van der Waals surface area contributed by atoms with Crippen LogP contribution in [0.5, 0.6) is 0 Å². The molecule has 0 amide bonds. The maximum atomic E-state index is 3.38. The van der Waals surface area contributed by atoms with Crippen molar-refractivity contribution in [2.24, 2.45) is 0 Å². The number of rotatable bonds is 0. The molecular formula is C4H7NS. The molecule has 3 saturated heterocycles. The van der Waals surface area contributed by atoms with Crippen molar-refractivity contribution < 1.29 is 0 Å². The van der Waals surface area contributed by atoms with Crippen LogP contribution in [0.25, 0.3) is 0 Å². The highest BCUT2D eigenvalue weighted by Crippen LogP contribution is 2.33. The molecule has 2 heteroatoms. The summed E-state index contributed by atoms with van der Waals surface area (Å²) >= 11 is 2.06. The fourth-order valence-corrected chi connectivity index (χ4v) is 2.32. The zero-order chi connectivity index (χ0) is 3.98. The molecule has 0 aromatic carbocycles. The Bertz CT molecular complexity index is 54.4. The van der Waals surface area contributed by atoms with Crippen molar-refractivity contribution in [1.29, 1.82) is 0 Å². The second-order valence-electron chi connectivity index (χ2n) is 1.92. The van der Waals surface area contributed by atoms with Gasteiger partial charge in [-0.25, -0.2) is 0 Å². The fourth-order valence-electron chi connectivity index (χ4n) is 0.962. The van der Waals surface area contributed by atoms with E-state index < -0.39 is 0 Å². The third kappa shape index (κ3) is 0.267. The first-order valence-electron chi connectivity index (χ1n) is 2.33. The summed E-state index contributed by atoms with van der Waals surface area (Å²) in [4.78, 5) is 0. The first kappa shape index (κ1) is 3.33. The monoisotopic (exact) mass is 101 g/mol. The van der Waals surface area contributed by atoms with Crippen LogP contribution in [0.1, 0.15) is 6.42 Å². The van der Waals surface area contributed by atoms with Gasteiger partial charge in [0.15, 0.2) is 0 Å². The molecule has 0 radical (unpaired) electrons. The van der Waals surface area contributed by atoms with Gasteiger partial charge in [0.2, 0.25) is 0 Å². The molecule has 0 spiro atoms. The Morgan fingerprint density at radius 3 is 2.67 bits per heavy atom. The second kappa shape index (κ2) is 0.928. The van der Waals surface area contributed by atoms with Gasteiger partial charge in [-0.2, -0.15) is 0 Å². The molecule has 3 fully saturated rings. The molecule has 2 bridgehead atoms. The molecule has 6 heavy (non-hydrogen) atoms. The molecule has 3 aliphatic rings. The number of thioether (sulfide) groups is 1. The molecule has 0 aromatic heterocycles. The van der Waals surface area contributed by atoms with Gasteiger partial charge in [-0.1, -0.05) is 0 Å². The smallest absolute Gasteiger partial charge is 0.0550 e. The van der Waals surface area contributed by atoms with Crippen LogP contribution in [0.3, 0.4) is 0 Å². The van der Waals surface area contributed by atoms with E-state index in [4.69, 9.17) is 0 Å². The SMILES string of the molecule is C1SC2CC1N2. The van der Waals surface area contributed by atoms with Crippen LogP contribution < -0.4 is 5.32 Å². The van der Waals surface area contributed by atoms with Gasteiger partial charge in [0, 0.05) is 11.8 Å². The molecule has 3 heterocycles. The first-order chi connectivity index (χ1) is 2.95. The Morgan fingerprint density at radius 2 is 2.50 bits per heavy atom. The molecule has 3 rings (SSSR count). The lowest BCUT2D eigenvalue weighted by atomic mass is 10.1. The van der Waals surface area contributed by atoms with Crippen LogP contribution in [0.2, 0.25) is 0 Å². The minimum Gasteiger partial charge on any atom is -0.302 e. The van der Waals surface area contributed by atoms with Gasteiger partial charge in [0.25, 0.3) is 0 Å². The Labute approximate surface area is 41.5 Å². The molecular weight excluding hydrogens is 94.1 g/mol. The van der Waals surface area contributed by atoms with Gasteiger partial charge in [-0.05, 0) is 6.42 Å². The quantitative estimate of drug-likeness (QED) is 0.474. The highest BCUT2D eigenvalue weighted by molar-refractivity contribution is 8.00. The summed E-state index contributed by atoms with van der Waals surface area (Å²) in [6.07, 6.45) is 1.44. The van der Waals surface area contributed by atoms with E-state index in [1.165, 1.54) is 12.2 Å². The zero-order valence-electron chi connectivity index (χ0n) is 3.48. The Balaban J connectivity index is 2.16. The summed E-state index contributed by atoms with van der Waals surface area (Å²) in [5.74, 6) is 1.37. The summed E-state index contributed by atoms with van der Waals surface area (Å²) in [5.41, 5.74) is 0. The lowest BCUT2D eigenvalue weighted by Gasteiger charge is -2.22. The van der Waals surface area contributed by atoms with E-state index in [0.717, 1.165) is 11.4 Å². The summed E-state index contributed by atoms with van der Waals surface area (Å²) in [7, 11) is 0. The molecule has 0 aromatic rings. The molecule has 1 nitrogen and oxygen atoms in total. The van der Waals surface area contributed by atoms with Crippen LogP contribution in [-0.2, 0) is 0 Å². The van der Waals surface area contributed by atoms with E-state index in [2.05, 4.69) is 17.1 Å². The van der Waals surface area contributed by atoms with Gasteiger partial charge in [0.05, 0.1) is 5.37 Å². The van der Waals surface area contributed by atoms with Gasteiger partial charge in [0.1, 0.15) is 0 Å². The van der Waals surface area contributed by atoms with E-state index in [9.17, 15) is 0 Å². The Hall–Kier alpha value is 0.310. The van der Waals surface area contributed by atoms with Crippen molar-refractivity contribution in [3.05, 3.63) is 0 Å². The van der Waals surface area contributed by atoms with Crippen molar-refractivity contribution in [3.8, 4) is 0 Å². The highest BCUT2D eigenvalue weighted by atomic mass is 32.2. The standard InChI is InChI=1S/C4H7NS/c1-3-2-6-4(1)5-3/h3-5H,1-2H2. The first-order valence-corrected chi connectivity index (χ1v) is 3.38. The molecule has 1 N–H and O–H groups in total. The van der Waals surface area contributed by atoms with E-state index in [1.807, 2.05) is 0 Å². The minimum atomic E-state index is 0.856. The van der Waals surface area contributed by atoms with Crippen molar-refractivity contribution in [3.63, 3.8) is 0 Å². The second-order valence-corrected chi connectivity index (χ2v) is 3.16. The molecule has 2 atom stereocenters. The largest absolute Gasteiger partial charge is 0.302 e. The van der Waals surface area contributed by atoms with Gasteiger partial charge < -0.3 is 5.32 Å². The highest BCUT2D eigenvalue weighted by Gasteiger charge is 2.35. The summed E-state index contributed by atoms with van der Waals surface area (Å²) in [6, 6.07) is 0.903. The van der Waals surface area contributed by atoms with Crippen molar-refractivity contribution in [2.45, 2.75) is 17.8 Å². The number of fused-ring (bicyclic) bond motifs is 1. The van der Waals surface area contributed by atoms with Gasteiger partial charge in [-0.3, -0.25) is 0 Å². The average Bonchev–Trinajstić information content (AvgIpc) is 1.72. The minimum absolute atomic E-state index is 0.856. The molecule has 0 saturated carbocycles. The normalized spacial score (nSPS) is 52.0. The Morgan fingerprint density at radius 1 is 1.67 bits per heavy atom. The van der Waals surface area contributed by atoms with E-state index >= 15 is 0 Å². The van der Waals surface area contributed by atoms with Crippen LogP contribution in [0, 0.1) is 0 Å². The molecule has 0 aliphatic carbocycles. The predicted molar refractivity (Wildman–Crippen MR) is 27.8 cm³/mol. The van der Waals surface area contributed by atoms with Crippen LogP contribution in [0.4, 0.5) is 0 Å². The van der Waals surface area contributed by atoms with Crippen molar-refractivity contribution >= 4 is 11.8 Å². The summed E-state index contributed by atoms with van der Waals surface area (Å²) in [5, 5.41) is 4.24. The van der Waals surface area contributed by atoms with Gasteiger partial charge in [-0.15, -0.1) is 11.8 Å². The van der Waals surface area contributed by atoms with Gasteiger partial charge >= 0.3 is 0 Å². The zero-order valence-corrected chi connectivity index (χ0v) is 4.29. The molecule has 34 valence electrons. The fraction of sp³-hybridized carbons (Fsp3) is 1.00. The number of hydrogen-bond donors (Lipinski definition) is 1. The third-order valence-corrected chi connectivity index (χ3v) is 2.74. The topological polar surface area (TPSA) is 12.0 Å². The van der Waals surface area contributed by atoms with Crippen LogP contribution >= 0.6 is 11.8 Å². The van der Waals surface area contributed by atoms with Crippen LogP contribution in [-0.4, -0.2) is 17.2 Å². The number of hydrogen-bond acceptors (Lipinski definition) is 2. The lowest BCUT2D eigenvalue weighted by Crippen LogP contribution is -2.43. The summed E-state index contributed by atoms with van der Waals surface area (Å²) in [6.45, 7) is 0. The Kier molecular flexibility index (Phi) is 0.515. The maximum absolute atomic E-state index is 3.38. The third-order valence-electron chi connectivity index (χ3n) is 1.42. The number of nitrogens with one attached hydrogen (secondary N) is 1.